The fraction of sp³-hybridized carbons (Fsp3) is 0.278. The number of rotatable bonds is 5. The van der Waals surface area contributed by atoms with Crippen LogP contribution in [0.5, 0.6) is 11.5 Å². The van der Waals surface area contributed by atoms with E-state index in [9.17, 15) is 4.79 Å². The molecule has 0 heterocycles. The van der Waals surface area contributed by atoms with E-state index < -0.39 is 6.16 Å². The molecule has 4 nitrogen and oxygen atoms in total. The summed E-state index contributed by atoms with van der Waals surface area (Å²) >= 11 is 3.52. The molecule has 2 rings (SSSR count). The van der Waals surface area contributed by atoms with Crippen molar-refractivity contribution in [1.82, 2.24) is 0 Å². The summed E-state index contributed by atoms with van der Waals surface area (Å²) in [6.07, 6.45) is 0.221. The molecule has 0 unspecified atom stereocenters. The summed E-state index contributed by atoms with van der Waals surface area (Å²) in [6, 6.07) is 11.5. The van der Waals surface area contributed by atoms with Crippen molar-refractivity contribution in [2.45, 2.75) is 26.9 Å². The number of aryl methyl sites for hydroxylation is 2. The van der Waals surface area contributed by atoms with Gasteiger partial charge in [0.15, 0.2) is 0 Å². The van der Waals surface area contributed by atoms with Crippen molar-refractivity contribution in [3.05, 3.63) is 57.6 Å². The molecule has 5 heteroatoms. The van der Waals surface area contributed by atoms with Crippen LogP contribution in [0.25, 0.3) is 0 Å². The van der Waals surface area contributed by atoms with E-state index >= 15 is 0 Å². The molecule has 0 bridgehead atoms. The number of hydrogen-bond donors (Lipinski definition) is 0. The summed E-state index contributed by atoms with van der Waals surface area (Å²) in [6.45, 7) is 4.34. The van der Waals surface area contributed by atoms with Gasteiger partial charge in [0.2, 0.25) is 0 Å². The molecule has 0 spiro atoms. The third kappa shape index (κ3) is 4.48. The minimum absolute atomic E-state index is 0.295. The van der Waals surface area contributed by atoms with Crippen LogP contribution >= 0.6 is 15.9 Å². The molecule has 0 radical (unpaired) electrons. The second-order valence-electron chi connectivity index (χ2n) is 5.01. The normalized spacial score (nSPS) is 10.3. The van der Waals surface area contributed by atoms with Gasteiger partial charge in [-0.2, -0.15) is 0 Å². The fourth-order valence-corrected chi connectivity index (χ4v) is 2.66. The van der Waals surface area contributed by atoms with Crippen molar-refractivity contribution in [2.24, 2.45) is 0 Å². The number of halogens is 1. The van der Waals surface area contributed by atoms with Gasteiger partial charge in [0.25, 0.3) is 0 Å². The SMILES string of the molecule is CCc1ccc(OCc2c(C)cccc2OC(=O)OC)c(Br)c1. The highest BCUT2D eigenvalue weighted by molar-refractivity contribution is 9.10. The third-order valence-corrected chi connectivity index (χ3v) is 4.12. The maximum Gasteiger partial charge on any atom is 0.513 e. The Hall–Kier alpha value is -2.01. The van der Waals surface area contributed by atoms with Crippen LogP contribution in [0.2, 0.25) is 0 Å². The Bertz CT molecular complexity index is 697. The number of methoxy groups -OCH3 is 1. The Labute approximate surface area is 144 Å². The van der Waals surface area contributed by atoms with Crippen LogP contribution in [-0.2, 0) is 17.8 Å². The van der Waals surface area contributed by atoms with Gasteiger partial charge in [-0.15, -0.1) is 0 Å². The van der Waals surface area contributed by atoms with Gasteiger partial charge in [0.05, 0.1) is 11.6 Å². The molecule has 0 fully saturated rings. The molecule has 0 aliphatic carbocycles. The van der Waals surface area contributed by atoms with E-state index in [2.05, 4.69) is 27.6 Å². The first-order valence-corrected chi connectivity index (χ1v) is 8.10. The first-order valence-electron chi connectivity index (χ1n) is 7.30. The molecule has 0 aliphatic rings. The van der Waals surface area contributed by atoms with E-state index in [1.54, 1.807) is 6.07 Å². The van der Waals surface area contributed by atoms with E-state index in [1.165, 1.54) is 12.7 Å². The number of ether oxygens (including phenoxy) is 3. The Morgan fingerprint density at radius 3 is 2.61 bits per heavy atom. The van der Waals surface area contributed by atoms with Crippen LogP contribution in [0, 0.1) is 6.92 Å². The van der Waals surface area contributed by atoms with E-state index in [0.29, 0.717) is 12.4 Å². The van der Waals surface area contributed by atoms with E-state index in [4.69, 9.17) is 9.47 Å². The lowest BCUT2D eigenvalue weighted by Crippen LogP contribution is -2.10. The maximum atomic E-state index is 11.4. The molecule has 0 saturated carbocycles. The molecule has 2 aromatic rings. The maximum absolute atomic E-state index is 11.4. The number of carbonyl (C=O) groups excluding carboxylic acids is 1. The van der Waals surface area contributed by atoms with Gasteiger partial charge < -0.3 is 14.2 Å². The number of carbonyl (C=O) groups is 1. The smallest absolute Gasteiger partial charge is 0.488 e. The zero-order chi connectivity index (χ0) is 16.8. The largest absolute Gasteiger partial charge is 0.513 e. The Morgan fingerprint density at radius 2 is 1.96 bits per heavy atom. The van der Waals surface area contributed by atoms with Gasteiger partial charge in [-0.05, 0) is 58.6 Å². The van der Waals surface area contributed by atoms with Crippen LogP contribution in [0.4, 0.5) is 4.79 Å². The molecule has 122 valence electrons. The van der Waals surface area contributed by atoms with Crippen molar-refractivity contribution in [2.75, 3.05) is 7.11 Å². The molecule has 0 aromatic heterocycles. The minimum Gasteiger partial charge on any atom is -0.488 e. The van der Waals surface area contributed by atoms with Crippen LogP contribution in [0.1, 0.15) is 23.6 Å². The molecule has 0 saturated heterocycles. The van der Waals surface area contributed by atoms with Crippen LogP contribution in [0.3, 0.4) is 0 Å². The molecule has 2 aromatic carbocycles. The highest BCUT2D eigenvalue weighted by atomic mass is 79.9. The Morgan fingerprint density at radius 1 is 1.17 bits per heavy atom. The first kappa shape index (κ1) is 17.3. The molecular weight excluding hydrogens is 360 g/mol. The summed E-state index contributed by atoms with van der Waals surface area (Å²) in [5, 5.41) is 0. The number of benzene rings is 2. The van der Waals surface area contributed by atoms with Gasteiger partial charge in [0, 0.05) is 5.56 Å². The summed E-state index contributed by atoms with van der Waals surface area (Å²) < 4.78 is 16.5. The quantitative estimate of drug-likeness (QED) is 0.539. The Kier molecular flexibility index (Phi) is 6.04. The topological polar surface area (TPSA) is 44.8 Å². The highest BCUT2D eigenvalue weighted by Crippen LogP contribution is 2.29. The van der Waals surface area contributed by atoms with Crippen molar-refractivity contribution in [3.8, 4) is 11.5 Å². The minimum atomic E-state index is -0.745. The van der Waals surface area contributed by atoms with Crippen molar-refractivity contribution in [3.63, 3.8) is 0 Å². The van der Waals surface area contributed by atoms with E-state index in [1.807, 2.05) is 37.3 Å². The predicted molar refractivity (Wildman–Crippen MR) is 92.1 cm³/mol. The third-order valence-electron chi connectivity index (χ3n) is 3.50. The zero-order valence-electron chi connectivity index (χ0n) is 13.4. The molecule has 0 N–H and O–H groups in total. The average molecular weight is 379 g/mol. The summed E-state index contributed by atoms with van der Waals surface area (Å²) in [5.74, 6) is 1.19. The first-order chi connectivity index (χ1) is 11.0. The number of hydrogen-bond acceptors (Lipinski definition) is 4. The van der Waals surface area contributed by atoms with Crippen molar-refractivity contribution >= 4 is 22.1 Å². The summed E-state index contributed by atoms with van der Waals surface area (Å²) in [7, 11) is 1.28. The molecule has 0 aliphatic heterocycles. The average Bonchev–Trinajstić information content (AvgIpc) is 2.55. The van der Waals surface area contributed by atoms with Crippen LogP contribution in [-0.4, -0.2) is 13.3 Å². The van der Waals surface area contributed by atoms with Gasteiger partial charge >= 0.3 is 6.16 Å². The van der Waals surface area contributed by atoms with Crippen molar-refractivity contribution < 1.29 is 19.0 Å². The van der Waals surface area contributed by atoms with Gasteiger partial charge in [-0.1, -0.05) is 25.1 Å². The van der Waals surface area contributed by atoms with Crippen LogP contribution in [0.15, 0.2) is 40.9 Å². The standard InChI is InChI=1S/C18H19BrO4/c1-4-13-8-9-17(15(19)10-13)22-11-14-12(2)6-5-7-16(14)23-18(20)21-3/h5-10H,4,11H2,1-3H3. The van der Waals surface area contributed by atoms with E-state index in [-0.39, 0.29) is 0 Å². The lowest BCUT2D eigenvalue weighted by Gasteiger charge is -2.14. The Balaban J connectivity index is 2.18. The molecule has 0 atom stereocenters. The zero-order valence-corrected chi connectivity index (χ0v) is 15.0. The van der Waals surface area contributed by atoms with E-state index in [0.717, 1.165) is 27.8 Å². The molecule has 23 heavy (non-hydrogen) atoms. The van der Waals surface area contributed by atoms with Crippen molar-refractivity contribution in [1.29, 1.82) is 0 Å². The van der Waals surface area contributed by atoms with Gasteiger partial charge in [-0.3, -0.25) is 0 Å². The second kappa shape index (κ2) is 8.02. The molecular formula is C18H19BrO4. The van der Waals surface area contributed by atoms with Gasteiger partial charge in [-0.25, -0.2) is 4.79 Å². The second-order valence-corrected chi connectivity index (χ2v) is 5.87. The van der Waals surface area contributed by atoms with Gasteiger partial charge in [0.1, 0.15) is 18.1 Å². The lowest BCUT2D eigenvalue weighted by molar-refractivity contribution is 0.120. The fourth-order valence-electron chi connectivity index (χ4n) is 2.12. The summed E-state index contributed by atoms with van der Waals surface area (Å²) in [5.41, 5.74) is 3.02. The monoisotopic (exact) mass is 378 g/mol. The van der Waals surface area contributed by atoms with Crippen LogP contribution < -0.4 is 9.47 Å². The summed E-state index contributed by atoms with van der Waals surface area (Å²) in [4.78, 5) is 11.4. The highest BCUT2D eigenvalue weighted by Gasteiger charge is 2.13. The molecule has 0 amide bonds. The lowest BCUT2D eigenvalue weighted by atomic mass is 10.1. The predicted octanol–water partition coefficient (Wildman–Crippen LogP) is 5.04.